The summed E-state index contributed by atoms with van der Waals surface area (Å²) in [4.78, 5) is 0. The number of nitrogens with zero attached hydrogens (tertiary/aromatic N) is 1. The lowest BCUT2D eigenvalue weighted by Crippen LogP contribution is -2.31. The highest BCUT2D eigenvalue weighted by Gasteiger charge is 2.40. The zero-order chi connectivity index (χ0) is 6.74. The topological polar surface area (TPSA) is 20.2 Å². The average Bonchev–Trinajstić information content (AvgIpc) is 2.51. The van der Waals surface area contributed by atoms with Gasteiger partial charge in [-0.05, 0) is 0 Å². The van der Waals surface area contributed by atoms with Crippen molar-refractivity contribution in [1.82, 2.24) is 0 Å². The molecule has 1 heterocycles. The third kappa shape index (κ3) is 1.81. The van der Waals surface area contributed by atoms with Gasteiger partial charge in [0.25, 0.3) is 0 Å². The second-order valence-electron chi connectivity index (χ2n) is 2.65. The smallest absolute Gasteiger partial charge is 0.129 e. The fourth-order valence-electron chi connectivity index (χ4n) is 1.09. The van der Waals surface area contributed by atoms with Crippen molar-refractivity contribution in [2.24, 2.45) is 0 Å². The van der Waals surface area contributed by atoms with Crippen molar-refractivity contribution < 1.29 is 9.59 Å². The van der Waals surface area contributed by atoms with Gasteiger partial charge in [0.05, 0.1) is 19.0 Å². The highest BCUT2D eigenvalue weighted by atomic mass is 35.5. The minimum atomic E-state index is 0.302. The van der Waals surface area contributed by atoms with Crippen LogP contribution < -0.4 is 0 Å². The van der Waals surface area contributed by atoms with E-state index in [-0.39, 0.29) is 0 Å². The summed E-state index contributed by atoms with van der Waals surface area (Å²) in [6.07, 6.45) is 0. The lowest BCUT2D eigenvalue weighted by Gasteiger charge is -2.14. The Balaban J connectivity index is 2.17. The van der Waals surface area contributed by atoms with Crippen LogP contribution >= 0.6 is 11.6 Å². The third-order valence-electron chi connectivity index (χ3n) is 1.99. The van der Waals surface area contributed by atoms with Crippen LogP contribution in [0.4, 0.5) is 0 Å². The Bertz CT molecular complexity index is 85.1. The number of aliphatic hydroxyl groups excluding tert-OH is 1. The summed E-state index contributed by atoms with van der Waals surface area (Å²) in [6, 6.07) is 0. The van der Waals surface area contributed by atoms with Gasteiger partial charge in [0.2, 0.25) is 0 Å². The fraction of sp³-hybridized carbons (Fsp3) is 1.00. The zero-order valence-corrected chi connectivity index (χ0v) is 6.27. The molecule has 0 bridgehead atoms. The molecule has 9 heavy (non-hydrogen) atoms. The van der Waals surface area contributed by atoms with Crippen LogP contribution in [-0.2, 0) is 0 Å². The van der Waals surface area contributed by atoms with Crippen LogP contribution in [0.1, 0.15) is 0 Å². The number of quaternary nitrogens is 1. The van der Waals surface area contributed by atoms with Gasteiger partial charge in [-0.2, -0.15) is 0 Å². The molecule has 1 saturated heterocycles. The van der Waals surface area contributed by atoms with E-state index < -0.39 is 0 Å². The molecule has 1 aliphatic rings. The van der Waals surface area contributed by atoms with Crippen LogP contribution in [0.15, 0.2) is 0 Å². The Labute approximate surface area is 60.6 Å². The third-order valence-corrected chi connectivity index (χ3v) is 2.16. The molecule has 0 aromatic heterocycles. The maximum atomic E-state index is 8.61. The minimum absolute atomic E-state index is 0.302. The fourth-order valence-corrected chi connectivity index (χ4v) is 1.45. The number of halogens is 1. The first-order valence-corrected chi connectivity index (χ1v) is 3.88. The maximum absolute atomic E-state index is 8.61. The van der Waals surface area contributed by atoms with Gasteiger partial charge in [-0.15, -0.1) is 11.6 Å². The molecular formula is C6H13ClNO+. The van der Waals surface area contributed by atoms with Gasteiger partial charge in [0.1, 0.15) is 19.6 Å². The summed E-state index contributed by atoms with van der Waals surface area (Å²) >= 11 is 5.56. The molecule has 0 atom stereocenters. The lowest BCUT2D eigenvalue weighted by atomic mass is 10.5. The van der Waals surface area contributed by atoms with Crippen molar-refractivity contribution in [3.05, 3.63) is 0 Å². The standard InChI is InChI=1S/C6H13ClNO/c7-1-2-8(3-4-8)5-6-9/h9H,1-6H2/q+1. The van der Waals surface area contributed by atoms with Gasteiger partial charge in [0.15, 0.2) is 0 Å². The molecule has 1 fully saturated rings. The lowest BCUT2D eigenvalue weighted by molar-refractivity contribution is -0.797. The largest absolute Gasteiger partial charge is 0.391 e. The molecule has 0 spiro atoms. The Morgan fingerprint density at radius 2 is 2.00 bits per heavy atom. The Morgan fingerprint density at radius 3 is 2.33 bits per heavy atom. The van der Waals surface area contributed by atoms with Crippen molar-refractivity contribution >= 4 is 11.6 Å². The van der Waals surface area contributed by atoms with Crippen LogP contribution in [0.5, 0.6) is 0 Å². The Morgan fingerprint density at radius 1 is 1.33 bits per heavy atom. The molecule has 2 nitrogen and oxygen atoms in total. The summed E-state index contributed by atoms with van der Waals surface area (Å²) in [5.74, 6) is 0.722. The molecule has 0 amide bonds. The van der Waals surface area contributed by atoms with Crippen molar-refractivity contribution in [2.75, 3.05) is 38.7 Å². The molecule has 0 aromatic carbocycles. The quantitative estimate of drug-likeness (QED) is 0.341. The van der Waals surface area contributed by atoms with E-state index in [9.17, 15) is 0 Å². The SMILES string of the molecule is OCC[N+]1(CCCl)CC1. The molecule has 1 N–H and O–H groups in total. The van der Waals surface area contributed by atoms with Crippen molar-refractivity contribution in [3.8, 4) is 0 Å². The molecule has 0 aromatic rings. The normalized spacial score (nSPS) is 22.0. The molecule has 3 heteroatoms. The number of hydrogen-bond acceptors (Lipinski definition) is 1. The van der Waals surface area contributed by atoms with Gasteiger partial charge < -0.3 is 9.59 Å². The predicted molar refractivity (Wildman–Crippen MR) is 37.5 cm³/mol. The van der Waals surface area contributed by atoms with E-state index in [0.29, 0.717) is 6.61 Å². The summed E-state index contributed by atoms with van der Waals surface area (Å²) in [6.45, 7) is 4.66. The van der Waals surface area contributed by atoms with Crippen LogP contribution in [0, 0.1) is 0 Å². The van der Waals surface area contributed by atoms with Crippen LogP contribution in [0.25, 0.3) is 0 Å². The second-order valence-corrected chi connectivity index (χ2v) is 3.03. The van der Waals surface area contributed by atoms with Gasteiger partial charge in [-0.25, -0.2) is 0 Å². The average molecular weight is 151 g/mol. The molecule has 54 valence electrons. The highest BCUT2D eigenvalue weighted by molar-refractivity contribution is 6.17. The molecule has 0 aliphatic carbocycles. The molecular weight excluding hydrogens is 138 g/mol. The van der Waals surface area contributed by atoms with Crippen molar-refractivity contribution in [3.63, 3.8) is 0 Å². The molecule has 0 saturated carbocycles. The zero-order valence-electron chi connectivity index (χ0n) is 5.52. The first-order valence-electron chi connectivity index (χ1n) is 3.35. The first kappa shape index (κ1) is 7.32. The Kier molecular flexibility index (Phi) is 2.33. The van der Waals surface area contributed by atoms with Crippen LogP contribution in [0.3, 0.4) is 0 Å². The number of hydrogen-bond donors (Lipinski definition) is 1. The Hall–Kier alpha value is 0.210. The van der Waals surface area contributed by atoms with E-state index in [1.807, 2.05) is 0 Å². The number of alkyl halides is 1. The van der Waals surface area contributed by atoms with Crippen LogP contribution in [-0.4, -0.2) is 48.3 Å². The van der Waals surface area contributed by atoms with E-state index in [0.717, 1.165) is 23.5 Å². The van der Waals surface area contributed by atoms with E-state index in [1.54, 1.807) is 0 Å². The summed E-state index contributed by atoms with van der Waals surface area (Å²) in [5.41, 5.74) is 0. The number of aliphatic hydroxyl groups is 1. The van der Waals surface area contributed by atoms with E-state index in [4.69, 9.17) is 16.7 Å². The summed E-state index contributed by atoms with van der Waals surface area (Å²) < 4.78 is 1.06. The first-order chi connectivity index (χ1) is 4.33. The van der Waals surface area contributed by atoms with Crippen LogP contribution in [0.2, 0.25) is 0 Å². The predicted octanol–water partition coefficient (Wildman–Crippen LogP) is 0.0479. The highest BCUT2D eigenvalue weighted by Crippen LogP contribution is 2.19. The van der Waals surface area contributed by atoms with E-state index in [2.05, 4.69) is 0 Å². The second kappa shape index (κ2) is 2.86. The minimum Gasteiger partial charge on any atom is -0.391 e. The molecule has 1 aliphatic heterocycles. The van der Waals surface area contributed by atoms with Gasteiger partial charge in [-0.1, -0.05) is 0 Å². The molecule has 0 radical (unpaired) electrons. The van der Waals surface area contributed by atoms with Gasteiger partial charge in [0, 0.05) is 0 Å². The molecule has 0 unspecified atom stereocenters. The molecule has 1 rings (SSSR count). The van der Waals surface area contributed by atoms with Crippen molar-refractivity contribution in [2.45, 2.75) is 0 Å². The monoisotopic (exact) mass is 150 g/mol. The van der Waals surface area contributed by atoms with Gasteiger partial charge in [-0.3, -0.25) is 0 Å². The van der Waals surface area contributed by atoms with Gasteiger partial charge >= 0.3 is 0 Å². The number of rotatable bonds is 4. The van der Waals surface area contributed by atoms with Crippen molar-refractivity contribution in [1.29, 1.82) is 0 Å². The van der Waals surface area contributed by atoms with E-state index in [1.165, 1.54) is 13.1 Å². The van der Waals surface area contributed by atoms with E-state index >= 15 is 0 Å². The summed E-state index contributed by atoms with van der Waals surface area (Å²) in [7, 11) is 0. The summed E-state index contributed by atoms with van der Waals surface area (Å²) in [5, 5.41) is 8.61. The maximum Gasteiger partial charge on any atom is 0.129 e.